The van der Waals surface area contributed by atoms with Gasteiger partial charge in [-0.3, -0.25) is 9.79 Å². The fourth-order valence-corrected chi connectivity index (χ4v) is 2.49. The van der Waals surface area contributed by atoms with Crippen molar-refractivity contribution in [2.24, 2.45) is 10.9 Å². The monoisotopic (exact) mass is 262 g/mol. The molecule has 0 unspecified atom stereocenters. The predicted molar refractivity (Wildman–Crippen MR) is 76.2 cm³/mol. The number of ketones is 1. The van der Waals surface area contributed by atoms with E-state index in [4.69, 9.17) is 0 Å². The number of aliphatic hydroxyl groups is 1. The zero-order valence-corrected chi connectivity index (χ0v) is 11.6. The Balaban J connectivity index is 1.98. The maximum atomic E-state index is 11.7. The quantitative estimate of drug-likeness (QED) is 0.764. The third kappa shape index (κ3) is 3.01. The molecule has 1 aliphatic heterocycles. The topological polar surface area (TPSA) is 61.7 Å². The maximum absolute atomic E-state index is 11.7. The van der Waals surface area contributed by atoms with E-state index in [1.807, 2.05) is 0 Å². The molecule has 1 heterocycles. The highest BCUT2D eigenvalue weighted by atomic mass is 16.3. The van der Waals surface area contributed by atoms with Crippen LogP contribution in [-0.2, 0) is 4.79 Å². The van der Waals surface area contributed by atoms with Crippen molar-refractivity contribution < 1.29 is 9.90 Å². The molecule has 0 fully saturated rings. The van der Waals surface area contributed by atoms with Crippen LogP contribution in [0.5, 0.6) is 0 Å². The van der Waals surface area contributed by atoms with Gasteiger partial charge >= 0.3 is 0 Å². The summed E-state index contributed by atoms with van der Waals surface area (Å²) in [6.07, 6.45) is 5.93. The number of aliphatic imine (C=N–C) groups is 1. The minimum atomic E-state index is 0.0961. The molecule has 0 aromatic heterocycles. The van der Waals surface area contributed by atoms with Crippen molar-refractivity contribution in [2.45, 2.75) is 39.2 Å². The lowest BCUT2D eigenvalue weighted by Gasteiger charge is -2.23. The van der Waals surface area contributed by atoms with Crippen LogP contribution in [0.3, 0.4) is 0 Å². The second-order valence-corrected chi connectivity index (χ2v) is 5.26. The second kappa shape index (κ2) is 6.26. The van der Waals surface area contributed by atoms with E-state index in [9.17, 15) is 9.90 Å². The van der Waals surface area contributed by atoms with E-state index in [1.54, 1.807) is 6.21 Å². The summed E-state index contributed by atoms with van der Waals surface area (Å²) < 4.78 is 0. The van der Waals surface area contributed by atoms with Gasteiger partial charge < -0.3 is 10.4 Å². The number of hydrogen-bond acceptors (Lipinski definition) is 4. The van der Waals surface area contributed by atoms with Gasteiger partial charge in [-0.25, -0.2) is 0 Å². The van der Waals surface area contributed by atoms with E-state index < -0.39 is 0 Å². The Morgan fingerprint density at radius 2 is 2.26 bits per heavy atom. The Morgan fingerprint density at radius 3 is 2.95 bits per heavy atom. The Hall–Kier alpha value is -1.26. The number of carbonyl (C=O) groups excluding carboxylic acids is 1. The van der Waals surface area contributed by atoms with Crippen molar-refractivity contribution in [2.75, 3.05) is 13.2 Å². The van der Waals surface area contributed by atoms with Crippen LogP contribution in [-0.4, -0.2) is 36.3 Å². The average Bonchev–Trinajstić information content (AvgIpc) is 2.84. The number of carbonyl (C=O) groups is 1. The normalized spacial score (nSPS) is 21.4. The van der Waals surface area contributed by atoms with Gasteiger partial charge in [-0.05, 0) is 17.9 Å². The van der Waals surface area contributed by atoms with Crippen molar-refractivity contribution in [3.8, 4) is 0 Å². The molecule has 4 nitrogen and oxygen atoms in total. The van der Waals surface area contributed by atoms with Crippen molar-refractivity contribution in [3.05, 3.63) is 22.9 Å². The van der Waals surface area contributed by atoms with Crippen LogP contribution in [0.25, 0.3) is 0 Å². The van der Waals surface area contributed by atoms with Crippen LogP contribution >= 0.6 is 0 Å². The first-order valence-corrected chi connectivity index (χ1v) is 6.99. The summed E-state index contributed by atoms with van der Waals surface area (Å²) in [5.74, 6) is 0.619. The predicted octanol–water partition coefficient (Wildman–Crippen LogP) is 1.61. The van der Waals surface area contributed by atoms with Gasteiger partial charge in [0.1, 0.15) is 0 Å². The average molecular weight is 262 g/mol. The van der Waals surface area contributed by atoms with Crippen molar-refractivity contribution in [1.82, 2.24) is 5.32 Å². The standard InChI is InChI=1S/C15H22N2O2/c1-3-10(2)13(9-18)17-8-11-4-5-12-14(19)6-7-16-15(11)12/h4,7,10,13,17-18H,3,5-6,8-9H2,1-2H3/t10-,13-/m0/s1. The Kier molecular flexibility index (Phi) is 4.66. The number of allylic oxidation sites excluding steroid dienone is 2. The lowest BCUT2D eigenvalue weighted by atomic mass is 9.99. The Bertz CT molecular complexity index is 449. The highest BCUT2D eigenvalue weighted by Crippen LogP contribution is 2.30. The number of Topliss-reactive ketones (excluding diaryl/α,β-unsaturated/α-hetero) is 1. The number of hydrogen-bond donors (Lipinski definition) is 2. The van der Waals surface area contributed by atoms with E-state index >= 15 is 0 Å². The van der Waals surface area contributed by atoms with E-state index in [1.165, 1.54) is 0 Å². The molecule has 0 amide bonds. The van der Waals surface area contributed by atoms with E-state index in [2.05, 4.69) is 30.2 Å². The zero-order valence-electron chi connectivity index (χ0n) is 11.6. The fourth-order valence-electron chi connectivity index (χ4n) is 2.49. The van der Waals surface area contributed by atoms with Crippen molar-refractivity contribution in [3.63, 3.8) is 0 Å². The van der Waals surface area contributed by atoms with Gasteiger partial charge in [-0.1, -0.05) is 26.3 Å². The molecule has 2 atom stereocenters. The first kappa shape index (κ1) is 14.2. The third-order valence-electron chi connectivity index (χ3n) is 4.06. The first-order valence-electron chi connectivity index (χ1n) is 6.99. The van der Waals surface area contributed by atoms with Crippen molar-refractivity contribution in [1.29, 1.82) is 0 Å². The van der Waals surface area contributed by atoms with Gasteiger partial charge in [0.05, 0.1) is 12.3 Å². The molecule has 0 saturated carbocycles. The summed E-state index contributed by atoms with van der Waals surface area (Å²) in [7, 11) is 0. The molecule has 4 heteroatoms. The summed E-state index contributed by atoms with van der Waals surface area (Å²) in [5.41, 5.74) is 2.79. The van der Waals surface area contributed by atoms with E-state index in [-0.39, 0.29) is 18.4 Å². The van der Waals surface area contributed by atoms with Crippen LogP contribution < -0.4 is 5.32 Å². The van der Waals surface area contributed by atoms with E-state index in [0.717, 1.165) is 23.3 Å². The number of rotatable bonds is 6. The molecule has 1 aliphatic carbocycles. The SMILES string of the molecule is CC[C@H](C)[C@H](CO)NCC1=CCC2=C1N=CCC2=O. The molecule has 104 valence electrons. The zero-order chi connectivity index (χ0) is 13.8. The lowest BCUT2D eigenvalue weighted by Crippen LogP contribution is -2.39. The number of aliphatic hydroxyl groups excluding tert-OH is 1. The van der Waals surface area contributed by atoms with Gasteiger partial charge in [0.15, 0.2) is 5.78 Å². The summed E-state index contributed by atoms with van der Waals surface area (Å²) in [6.45, 7) is 5.05. The molecule has 2 N–H and O–H groups in total. The maximum Gasteiger partial charge on any atom is 0.166 e. The highest BCUT2D eigenvalue weighted by Gasteiger charge is 2.25. The van der Waals surface area contributed by atoms with Crippen molar-refractivity contribution >= 4 is 12.0 Å². The Morgan fingerprint density at radius 1 is 1.47 bits per heavy atom. The van der Waals surface area contributed by atoms with Gasteiger partial charge in [0.25, 0.3) is 0 Å². The lowest BCUT2D eigenvalue weighted by molar-refractivity contribution is -0.114. The second-order valence-electron chi connectivity index (χ2n) is 5.26. The minimum Gasteiger partial charge on any atom is -0.395 e. The number of nitrogens with zero attached hydrogens (tertiary/aromatic N) is 1. The molecule has 0 saturated heterocycles. The van der Waals surface area contributed by atoms with Crippen LogP contribution in [0.4, 0.5) is 0 Å². The van der Waals surface area contributed by atoms with Crippen LogP contribution in [0, 0.1) is 5.92 Å². The minimum absolute atomic E-state index is 0.0961. The van der Waals surface area contributed by atoms with E-state index in [0.29, 0.717) is 25.3 Å². The highest BCUT2D eigenvalue weighted by molar-refractivity contribution is 6.07. The van der Waals surface area contributed by atoms with Gasteiger partial charge in [0, 0.05) is 30.8 Å². The Labute approximate surface area is 114 Å². The summed E-state index contributed by atoms with van der Waals surface area (Å²) in [4.78, 5) is 16.1. The molecule has 0 bridgehead atoms. The molecular formula is C15H22N2O2. The molecule has 19 heavy (non-hydrogen) atoms. The smallest absolute Gasteiger partial charge is 0.166 e. The molecular weight excluding hydrogens is 240 g/mol. The molecule has 2 rings (SSSR count). The summed E-state index contributed by atoms with van der Waals surface area (Å²) in [6, 6.07) is 0.0961. The van der Waals surface area contributed by atoms with Gasteiger partial charge in [-0.2, -0.15) is 0 Å². The third-order valence-corrected chi connectivity index (χ3v) is 4.06. The fraction of sp³-hybridized carbons (Fsp3) is 0.600. The molecule has 0 spiro atoms. The summed E-state index contributed by atoms with van der Waals surface area (Å²) >= 11 is 0. The number of nitrogens with one attached hydrogen (secondary N) is 1. The molecule has 0 aromatic carbocycles. The molecule has 0 aromatic rings. The van der Waals surface area contributed by atoms with Crippen LogP contribution in [0.15, 0.2) is 27.9 Å². The largest absolute Gasteiger partial charge is 0.395 e. The first-order chi connectivity index (χ1) is 9.17. The van der Waals surface area contributed by atoms with Gasteiger partial charge in [0.2, 0.25) is 0 Å². The molecule has 0 radical (unpaired) electrons. The van der Waals surface area contributed by atoms with Crippen LogP contribution in [0.2, 0.25) is 0 Å². The molecule has 2 aliphatic rings. The summed E-state index contributed by atoms with van der Waals surface area (Å²) in [5, 5.41) is 12.8. The van der Waals surface area contributed by atoms with Gasteiger partial charge in [-0.15, -0.1) is 0 Å². The van der Waals surface area contributed by atoms with Crippen LogP contribution in [0.1, 0.15) is 33.1 Å².